The van der Waals surface area contributed by atoms with Crippen molar-refractivity contribution in [3.8, 4) is 28.6 Å². The van der Waals surface area contributed by atoms with Gasteiger partial charge in [-0.1, -0.05) is 0 Å². The standard InChI is InChI=1S/C20H20N4O5/c1-23-18(13-3-6-15(27-2)7-4-13)22-24(20(23)26)10-9-21-19(25)14-5-8-16-17(11-14)29-12-28-16/h3-8,11H,9-10,12H2,1-2H3,(H,21,25). The zero-order valence-corrected chi connectivity index (χ0v) is 16.0. The molecule has 0 unspecified atom stereocenters. The van der Waals surface area contributed by atoms with Gasteiger partial charge < -0.3 is 19.5 Å². The largest absolute Gasteiger partial charge is 0.497 e. The number of hydrogen-bond donors (Lipinski definition) is 1. The number of nitrogens with one attached hydrogen (secondary N) is 1. The van der Waals surface area contributed by atoms with E-state index in [0.29, 0.717) is 22.9 Å². The Hall–Kier alpha value is -3.75. The Kier molecular flexibility index (Phi) is 4.94. The van der Waals surface area contributed by atoms with Crippen molar-refractivity contribution < 1.29 is 19.0 Å². The molecule has 1 amide bonds. The highest BCUT2D eigenvalue weighted by molar-refractivity contribution is 5.94. The number of amides is 1. The lowest BCUT2D eigenvalue weighted by molar-refractivity contribution is 0.0951. The van der Waals surface area contributed by atoms with Crippen LogP contribution in [-0.4, -0.2) is 40.7 Å². The topological polar surface area (TPSA) is 96.6 Å². The summed E-state index contributed by atoms with van der Waals surface area (Å²) in [6, 6.07) is 12.3. The van der Waals surface area contributed by atoms with E-state index < -0.39 is 0 Å². The fraction of sp³-hybridized carbons (Fsp3) is 0.250. The van der Waals surface area contributed by atoms with E-state index in [1.807, 2.05) is 24.3 Å². The highest BCUT2D eigenvalue weighted by atomic mass is 16.7. The predicted molar refractivity (Wildman–Crippen MR) is 104 cm³/mol. The van der Waals surface area contributed by atoms with Gasteiger partial charge in [-0.3, -0.25) is 9.36 Å². The fourth-order valence-corrected chi connectivity index (χ4v) is 3.04. The number of hydrogen-bond acceptors (Lipinski definition) is 6. The first kappa shape index (κ1) is 18.6. The molecule has 0 bridgehead atoms. The maximum absolute atomic E-state index is 12.5. The predicted octanol–water partition coefficient (Wildman–Crippen LogP) is 1.42. The molecular weight excluding hydrogens is 376 g/mol. The van der Waals surface area contributed by atoms with E-state index in [1.165, 1.54) is 9.25 Å². The van der Waals surface area contributed by atoms with Crippen LogP contribution in [0.5, 0.6) is 17.2 Å². The second kappa shape index (κ2) is 7.70. The molecule has 1 aliphatic rings. The summed E-state index contributed by atoms with van der Waals surface area (Å²) in [6.45, 7) is 0.658. The number of aromatic nitrogens is 3. The molecule has 0 saturated heterocycles. The summed E-state index contributed by atoms with van der Waals surface area (Å²) in [4.78, 5) is 24.8. The van der Waals surface area contributed by atoms with Gasteiger partial charge in [-0.25, -0.2) is 9.48 Å². The molecule has 4 rings (SSSR count). The lowest BCUT2D eigenvalue weighted by Crippen LogP contribution is -2.31. The summed E-state index contributed by atoms with van der Waals surface area (Å²) in [5, 5.41) is 7.18. The third kappa shape index (κ3) is 3.66. The number of benzene rings is 2. The van der Waals surface area contributed by atoms with Crippen molar-refractivity contribution in [1.82, 2.24) is 19.7 Å². The third-order valence-electron chi connectivity index (χ3n) is 4.63. The molecule has 0 saturated carbocycles. The minimum atomic E-state index is -0.261. The van der Waals surface area contributed by atoms with Crippen LogP contribution in [0.15, 0.2) is 47.3 Å². The van der Waals surface area contributed by atoms with Crippen LogP contribution in [-0.2, 0) is 13.6 Å². The quantitative estimate of drug-likeness (QED) is 0.677. The summed E-state index contributed by atoms with van der Waals surface area (Å²) in [7, 11) is 3.26. The first-order valence-corrected chi connectivity index (χ1v) is 9.03. The zero-order valence-electron chi connectivity index (χ0n) is 16.0. The summed E-state index contributed by atoms with van der Waals surface area (Å²) >= 11 is 0. The second-order valence-corrected chi connectivity index (χ2v) is 6.44. The number of carbonyl (C=O) groups excluding carboxylic acids is 1. The number of nitrogens with zero attached hydrogens (tertiary/aromatic N) is 3. The lowest BCUT2D eigenvalue weighted by Gasteiger charge is -2.05. The molecule has 0 atom stereocenters. The maximum Gasteiger partial charge on any atom is 0.345 e. The van der Waals surface area contributed by atoms with Gasteiger partial charge in [-0.2, -0.15) is 0 Å². The third-order valence-corrected chi connectivity index (χ3v) is 4.63. The van der Waals surface area contributed by atoms with Crippen molar-refractivity contribution in [1.29, 1.82) is 0 Å². The van der Waals surface area contributed by atoms with Gasteiger partial charge in [0.05, 0.1) is 13.7 Å². The van der Waals surface area contributed by atoms with Crippen molar-refractivity contribution in [2.75, 3.05) is 20.4 Å². The van der Waals surface area contributed by atoms with Gasteiger partial charge in [0, 0.05) is 24.7 Å². The average molecular weight is 396 g/mol. The maximum atomic E-state index is 12.5. The summed E-state index contributed by atoms with van der Waals surface area (Å²) in [6.07, 6.45) is 0. The number of fused-ring (bicyclic) bond motifs is 1. The van der Waals surface area contributed by atoms with Crippen LogP contribution in [0.2, 0.25) is 0 Å². The van der Waals surface area contributed by atoms with Crippen LogP contribution >= 0.6 is 0 Å². The molecule has 2 aromatic carbocycles. The molecule has 0 fully saturated rings. The summed E-state index contributed by atoms with van der Waals surface area (Å²) < 4.78 is 18.5. The Bertz CT molecular complexity index is 1100. The highest BCUT2D eigenvalue weighted by Gasteiger charge is 2.16. The van der Waals surface area contributed by atoms with Crippen LogP contribution in [0.3, 0.4) is 0 Å². The van der Waals surface area contributed by atoms with Crippen molar-refractivity contribution in [2.45, 2.75) is 6.54 Å². The molecule has 1 N–H and O–H groups in total. The Morgan fingerprint density at radius 2 is 1.93 bits per heavy atom. The Balaban J connectivity index is 1.42. The average Bonchev–Trinajstić information content (AvgIpc) is 3.33. The molecule has 3 aromatic rings. The first-order chi connectivity index (χ1) is 14.1. The minimum Gasteiger partial charge on any atom is -0.497 e. The van der Waals surface area contributed by atoms with E-state index in [4.69, 9.17) is 14.2 Å². The zero-order chi connectivity index (χ0) is 20.4. The first-order valence-electron chi connectivity index (χ1n) is 9.03. The van der Waals surface area contributed by atoms with Crippen LogP contribution in [0.4, 0.5) is 0 Å². The van der Waals surface area contributed by atoms with Gasteiger partial charge in [0.1, 0.15) is 5.75 Å². The monoisotopic (exact) mass is 396 g/mol. The molecule has 1 aromatic heterocycles. The lowest BCUT2D eigenvalue weighted by atomic mass is 10.2. The van der Waals surface area contributed by atoms with Gasteiger partial charge >= 0.3 is 5.69 Å². The molecule has 0 aliphatic carbocycles. The minimum absolute atomic E-state index is 0.152. The van der Waals surface area contributed by atoms with E-state index in [0.717, 1.165) is 11.3 Å². The van der Waals surface area contributed by atoms with Crippen molar-refractivity contribution in [2.24, 2.45) is 7.05 Å². The van der Waals surface area contributed by atoms with Gasteiger partial charge in [-0.05, 0) is 42.5 Å². The molecule has 9 nitrogen and oxygen atoms in total. The van der Waals surface area contributed by atoms with Gasteiger partial charge in [0.15, 0.2) is 17.3 Å². The van der Waals surface area contributed by atoms with Crippen molar-refractivity contribution in [3.05, 3.63) is 58.5 Å². The van der Waals surface area contributed by atoms with E-state index in [2.05, 4.69) is 10.4 Å². The van der Waals surface area contributed by atoms with Crippen LogP contribution < -0.4 is 25.2 Å². The number of carbonyl (C=O) groups is 1. The molecule has 2 heterocycles. The van der Waals surface area contributed by atoms with Crippen LogP contribution in [0.25, 0.3) is 11.4 Å². The molecule has 150 valence electrons. The molecule has 0 spiro atoms. The Morgan fingerprint density at radius 3 is 2.69 bits per heavy atom. The Labute approximate surface area is 166 Å². The summed E-state index contributed by atoms with van der Waals surface area (Å²) in [5.74, 6) is 2.17. The Morgan fingerprint density at radius 1 is 1.17 bits per heavy atom. The highest BCUT2D eigenvalue weighted by Crippen LogP contribution is 2.32. The van der Waals surface area contributed by atoms with Crippen molar-refractivity contribution in [3.63, 3.8) is 0 Å². The van der Waals surface area contributed by atoms with E-state index in [1.54, 1.807) is 32.4 Å². The molecule has 0 radical (unpaired) electrons. The number of methoxy groups -OCH3 is 1. The molecule has 9 heteroatoms. The van der Waals surface area contributed by atoms with E-state index in [-0.39, 0.29) is 31.5 Å². The van der Waals surface area contributed by atoms with Crippen LogP contribution in [0.1, 0.15) is 10.4 Å². The number of rotatable bonds is 6. The summed E-state index contributed by atoms with van der Waals surface area (Å²) in [5.41, 5.74) is 1.00. The second-order valence-electron chi connectivity index (χ2n) is 6.44. The van der Waals surface area contributed by atoms with Gasteiger partial charge in [-0.15, -0.1) is 5.10 Å². The smallest absolute Gasteiger partial charge is 0.345 e. The molecular formula is C20H20N4O5. The molecule has 29 heavy (non-hydrogen) atoms. The van der Waals surface area contributed by atoms with Gasteiger partial charge in [0.2, 0.25) is 6.79 Å². The van der Waals surface area contributed by atoms with Gasteiger partial charge in [0.25, 0.3) is 5.91 Å². The van der Waals surface area contributed by atoms with Crippen LogP contribution in [0, 0.1) is 0 Å². The van der Waals surface area contributed by atoms with E-state index in [9.17, 15) is 9.59 Å². The number of ether oxygens (including phenoxy) is 3. The SMILES string of the molecule is COc1ccc(-c2nn(CCNC(=O)c3ccc4c(c3)OCO4)c(=O)n2C)cc1. The molecule has 1 aliphatic heterocycles. The van der Waals surface area contributed by atoms with Crippen molar-refractivity contribution >= 4 is 5.91 Å². The fourth-order valence-electron chi connectivity index (χ4n) is 3.04. The normalized spacial score (nSPS) is 12.1. The van der Waals surface area contributed by atoms with E-state index >= 15 is 0 Å².